The number of likely N-dealkylation sites (N-methyl/N-ethyl adjacent to an activating group) is 1. The molecule has 0 spiro atoms. The molecule has 2 amide bonds. The maximum atomic E-state index is 13.4. The highest BCUT2D eigenvalue weighted by molar-refractivity contribution is 5.97. The standard InChI is InChI=1S/C22H31N3O4/c1-14-11-25(15(2)13-26)22(28)19-9-18(17-7-5-6-8-17)10-23-21(19)29-20(14)12-24(4)16(3)27/h7,9-10,14-15,20,26H,5-6,8,11-13H2,1-4H3/t14-,15-,20+/m0/s1. The largest absolute Gasteiger partial charge is 0.472 e. The number of allylic oxidation sites excluding steroid dienone is 2. The number of aromatic nitrogens is 1. The molecule has 0 aromatic carbocycles. The van der Waals surface area contributed by atoms with Gasteiger partial charge in [-0.3, -0.25) is 9.59 Å². The number of amides is 2. The van der Waals surface area contributed by atoms with E-state index in [1.807, 2.05) is 19.9 Å². The lowest BCUT2D eigenvalue weighted by molar-refractivity contribution is -0.129. The Morgan fingerprint density at radius 3 is 2.86 bits per heavy atom. The summed E-state index contributed by atoms with van der Waals surface area (Å²) < 4.78 is 6.19. The second-order valence-electron chi connectivity index (χ2n) is 8.22. The van der Waals surface area contributed by atoms with E-state index < -0.39 is 0 Å². The van der Waals surface area contributed by atoms with Crippen molar-refractivity contribution in [2.24, 2.45) is 5.92 Å². The van der Waals surface area contributed by atoms with E-state index in [0.717, 1.165) is 24.8 Å². The van der Waals surface area contributed by atoms with Gasteiger partial charge < -0.3 is 19.6 Å². The maximum absolute atomic E-state index is 13.4. The zero-order chi connectivity index (χ0) is 21.1. The van der Waals surface area contributed by atoms with Gasteiger partial charge in [0, 0.05) is 32.6 Å². The van der Waals surface area contributed by atoms with Crippen molar-refractivity contribution in [3.8, 4) is 5.88 Å². The third kappa shape index (κ3) is 4.61. The third-order valence-corrected chi connectivity index (χ3v) is 5.92. The molecule has 1 aromatic rings. The zero-order valence-corrected chi connectivity index (χ0v) is 17.7. The monoisotopic (exact) mass is 401 g/mol. The fraction of sp³-hybridized carbons (Fsp3) is 0.591. The number of carbonyl (C=O) groups excluding carboxylic acids is 2. The minimum Gasteiger partial charge on any atom is -0.472 e. The number of aliphatic hydroxyl groups is 1. The van der Waals surface area contributed by atoms with Gasteiger partial charge in [0.15, 0.2) is 0 Å². The molecular formula is C22H31N3O4. The first-order valence-corrected chi connectivity index (χ1v) is 10.3. The summed E-state index contributed by atoms with van der Waals surface area (Å²) in [6, 6.07) is 1.54. The lowest BCUT2D eigenvalue weighted by Crippen LogP contribution is -2.50. The summed E-state index contributed by atoms with van der Waals surface area (Å²) in [5.74, 6) is 0.0267. The van der Waals surface area contributed by atoms with E-state index >= 15 is 0 Å². The van der Waals surface area contributed by atoms with Gasteiger partial charge in [-0.25, -0.2) is 4.98 Å². The zero-order valence-electron chi connectivity index (χ0n) is 17.7. The van der Waals surface area contributed by atoms with Crippen LogP contribution in [-0.4, -0.2) is 70.6 Å². The Labute approximate surface area is 172 Å². The van der Waals surface area contributed by atoms with Crippen molar-refractivity contribution in [2.45, 2.75) is 52.2 Å². The van der Waals surface area contributed by atoms with Crippen LogP contribution in [0.2, 0.25) is 0 Å². The Kier molecular flexibility index (Phi) is 6.57. The molecule has 29 heavy (non-hydrogen) atoms. The fourth-order valence-corrected chi connectivity index (χ4v) is 3.83. The third-order valence-electron chi connectivity index (χ3n) is 5.92. The highest BCUT2D eigenvalue weighted by atomic mass is 16.5. The van der Waals surface area contributed by atoms with Crippen LogP contribution in [0.4, 0.5) is 0 Å². The minimum absolute atomic E-state index is 0.0399. The molecule has 3 rings (SSSR count). The maximum Gasteiger partial charge on any atom is 0.259 e. The van der Waals surface area contributed by atoms with Crippen LogP contribution < -0.4 is 4.74 Å². The Hall–Kier alpha value is -2.41. The normalized spacial score (nSPS) is 22.9. The molecule has 1 aliphatic heterocycles. The summed E-state index contributed by atoms with van der Waals surface area (Å²) in [4.78, 5) is 32.9. The second-order valence-corrected chi connectivity index (χ2v) is 8.22. The molecule has 158 valence electrons. The minimum atomic E-state index is -0.323. The SMILES string of the molecule is CC(=O)N(C)C[C@H]1Oc2ncc(C3=CCCC3)cc2C(=O)N([C@@H](C)CO)C[C@@H]1C. The van der Waals surface area contributed by atoms with Crippen molar-refractivity contribution in [1.29, 1.82) is 0 Å². The second kappa shape index (κ2) is 8.95. The van der Waals surface area contributed by atoms with Gasteiger partial charge in [0.05, 0.1) is 19.2 Å². The summed E-state index contributed by atoms with van der Waals surface area (Å²) in [6.45, 7) is 6.06. The molecule has 0 radical (unpaired) electrons. The number of aliphatic hydroxyl groups excluding tert-OH is 1. The molecule has 0 saturated heterocycles. The smallest absolute Gasteiger partial charge is 0.259 e. The lowest BCUT2D eigenvalue weighted by atomic mass is 9.99. The molecule has 3 atom stereocenters. The van der Waals surface area contributed by atoms with Crippen molar-refractivity contribution in [1.82, 2.24) is 14.8 Å². The number of nitrogens with zero attached hydrogens (tertiary/aromatic N) is 3. The van der Waals surface area contributed by atoms with E-state index in [9.17, 15) is 14.7 Å². The molecule has 2 heterocycles. The van der Waals surface area contributed by atoms with Crippen LogP contribution in [0, 0.1) is 5.92 Å². The summed E-state index contributed by atoms with van der Waals surface area (Å²) >= 11 is 0. The van der Waals surface area contributed by atoms with E-state index in [4.69, 9.17) is 4.74 Å². The Morgan fingerprint density at radius 2 is 2.24 bits per heavy atom. The van der Waals surface area contributed by atoms with E-state index in [2.05, 4.69) is 11.1 Å². The molecule has 0 fully saturated rings. The number of hydrogen-bond acceptors (Lipinski definition) is 5. The van der Waals surface area contributed by atoms with Gasteiger partial charge in [0.1, 0.15) is 11.7 Å². The van der Waals surface area contributed by atoms with Gasteiger partial charge in [0.2, 0.25) is 11.8 Å². The van der Waals surface area contributed by atoms with Gasteiger partial charge in [-0.15, -0.1) is 0 Å². The molecule has 1 N–H and O–H groups in total. The average molecular weight is 402 g/mol. The number of hydrogen-bond donors (Lipinski definition) is 1. The summed E-state index contributed by atoms with van der Waals surface area (Å²) in [5.41, 5.74) is 2.57. The van der Waals surface area contributed by atoms with Crippen LogP contribution in [0.3, 0.4) is 0 Å². The van der Waals surface area contributed by atoms with E-state index in [1.165, 1.54) is 12.5 Å². The summed E-state index contributed by atoms with van der Waals surface area (Å²) in [6.07, 6.45) is 6.78. The first kappa shape index (κ1) is 21.3. The van der Waals surface area contributed by atoms with Crippen LogP contribution in [0.15, 0.2) is 18.3 Å². The van der Waals surface area contributed by atoms with E-state index in [-0.39, 0.29) is 36.5 Å². The topological polar surface area (TPSA) is 83.0 Å². The van der Waals surface area contributed by atoms with Crippen LogP contribution in [0.5, 0.6) is 5.88 Å². The predicted octanol–water partition coefficient (Wildman–Crippen LogP) is 2.35. The first-order valence-electron chi connectivity index (χ1n) is 10.3. The molecular weight excluding hydrogens is 370 g/mol. The number of rotatable bonds is 5. The highest BCUT2D eigenvalue weighted by Gasteiger charge is 2.34. The van der Waals surface area contributed by atoms with Crippen LogP contribution >= 0.6 is 0 Å². The predicted molar refractivity (Wildman–Crippen MR) is 111 cm³/mol. The van der Waals surface area contributed by atoms with Crippen LogP contribution in [0.1, 0.15) is 56.0 Å². The van der Waals surface area contributed by atoms with Gasteiger partial charge in [-0.2, -0.15) is 0 Å². The van der Waals surface area contributed by atoms with Gasteiger partial charge in [-0.05, 0) is 43.4 Å². The molecule has 7 nitrogen and oxygen atoms in total. The molecule has 0 saturated carbocycles. The van der Waals surface area contributed by atoms with Crippen molar-refractivity contribution < 1.29 is 19.4 Å². The number of fused-ring (bicyclic) bond motifs is 1. The van der Waals surface area contributed by atoms with Crippen molar-refractivity contribution in [2.75, 3.05) is 26.7 Å². The number of ether oxygens (including phenoxy) is 1. The molecule has 2 aliphatic rings. The van der Waals surface area contributed by atoms with Crippen molar-refractivity contribution in [3.05, 3.63) is 29.5 Å². The average Bonchev–Trinajstić information content (AvgIpc) is 3.24. The Balaban J connectivity index is 2.01. The highest BCUT2D eigenvalue weighted by Crippen LogP contribution is 2.32. The molecule has 0 bridgehead atoms. The first-order chi connectivity index (χ1) is 13.8. The van der Waals surface area contributed by atoms with E-state index in [1.54, 1.807) is 23.0 Å². The molecule has 0 unspecified atom stereocenters. The fourth-order valence-electron chi connectivity index (χ4n) is 3.83. The molecule has 1 aliphatic carbocycles. The Bertz CT molecular complexity index is 807. The molecule has 1 aromatic heterocycles. The Morgan fingerprint density at radius 1 is 1.48 bits per heavy atom. The van der Waals surface area contributed by atoms with Crippen LogP contribution in [0.25, 0.3) is 5.57 Å². The van der Waals surface area contributed by atoms with Gasteiger partial charge >= 0.3 is 0 Å². The summed E-state index contributed by atoms with van der Waals surface area (Å²) in [5, 5.41) is 9.71. The lowest BCUT2D eigenvalue weighted by Gasteiger charge is -2.37. The van der Waals surface area contributed by atoms with Gasteiger partial charge in [0.25, 0.3) is 5.91 Å². The van der Waals surface area contributed by atoms with Gasteiger partial charge in [-0.1, -0.05) is 13.0 Å². The van der Waals surface area contributed by atoms with Crippen molar-refractivity contribution >= 4 is 17.4 Å². The molecule has 7 heteroatoms. The summed E-state index contributed by atoms with van der Waals surface area (Å²) in [7, 11) is 1.74. The quantitative estimate of drug-likeness (QED) is 0.819. The number of pyridine rings is 1. The van der Waals surface area contributed by atoms with E-state index in [0.29, 0.717) is 24.5 Å². The van der Waals surface area contributed by atoms with Crippen molar-refractivity contribution in [3.63, 3.8) is 0 Å². The van der Waals surface area contributed by atoms with Crippen LogP contribution in [-0.2, 0) is 4.79 Å². The number of carbonyl (C=O) groups is 2.